The molecule has 116 valence electrons. The average Bonchev–Trinajstić information content (AvgIpc) is 3.14. The third kappa shape index (κ3) is 2.65. The molecule has 1 aromatic heterocycles. The van der Waals surface area contributed by atoms with E-state index in [4.69, 9.17) is 5.10 Å². The first kappa shape index (κ1) is 14.5. The molecule has 0 saturated heterocycles. The predicted octanol–water partition coefficient (Wildman–Crippen LogP) is 4.33. The Bertz CT molecular complexity index is 855. The van der Waals surface area contributed by atoms with Crippen molar-refractivity contribution in [2.45, 2.75) is 12.8 Å². The number of anilines is 1. The topological polar surface area (TPSA) is 29.9 Å². The van der Waals surface area contributed by atoms with Crippen LogP contribution in [0.2, 0.25) is 0 Å². The van der Waals surface area contributed by atoms with Crippen molar-refractivity contribution < 1.29 is 4.39 Å². The summed E-state index contributed by atoms with van der Waals surface area (Å²) in [6.45, 7) is 0.897. The van der Waals surface area contributed by atoms with Gasteiger partial charge in [0.05, 0.1) is 11.4 Å². The van der Waals surface area contributed by atoms with Crippen LogP contribution in [0, 0.1) is 5.82 Å². The van der Waals surface area contributed by atoms with Crippen molar-refractivity contribution in [3.8, 4) is 5.69 Å². The molecule has 4 rings (SSSR count). The maximum atomic E-state index is 13.9. The fourth-order valence-corrected chi connectivity index (χ4v) is 3.24. The van der Waals surface area contributed by atoms with Crippen molar-refractivity contribution in [2.24, 2.45) is 0 Å². The van der Waals surface area contributed by atoms with E-state index in [2.05, 4.69) is 21.2 Å². The number of nitrogens with zero attached hydrogens (tertiary/aromatic N) is 2. The Kier molecular flexibility index (Phi) is 3.65. The van der Waals surface area contributed by atoms with Crippen molar-refractivity contribution in [1.82, 2.24) is 9.78 Å². The monoisotopic (exact) mass is 371 g/mol. The van der Waals surface area contributed by atoms with Crippen LogP contribution in [-0.2, 0) is 12.8 Å². The van der Waals surface area contributed by atoms with Gasteiger partial charge in [0.15, 0.2) is 0 Å². The van der Waals surface area contributed by atoms with Gasteiger partial charge in [-0.15, -0.1) is 0 Å². The lowest BCUT2D eigenvalue weighted by Crippen LogP contribution is -2.05. The highest BCUT2D eigenvalue weighted by Gasteiger charge is 2.23. The Hall–Kier alpha value is -2.14. The van der Waals surface area contributed by atoms with Crippen molar-refractivity contribution >= 4 is 21.7 Å². The van der Waals surface area contributed by atoms with Crippen LogP contribution in [0.4, 0.5) is 10.2 Å². The molecule has 0 aliphatic carbocycles. The van der Waals surface area contributed by atoms with E-state index in [1.54, 1.807) is 6.07 Å². The van der Waals surface area contributed by atoms with E-state index < -0.39 is 0 Å². The number of nitrogens with one attached hydrogen (secondary N) is 1. The summed E-state index contributed by atoms with van der Waals surface area (Å²) in [5, 5.41) is 8.14. The van der Waals surface area contributed by atoms with Crippen molar-refractivity contribution in [3.63, 3.8) is 0 Å². The zero-order valence-electron chi connectivity index (χ0n) is 12.4. The second-order valence-electron chi connectivity index (χ2n) is 5.61. The molecule has 2 aromatic carbocycles. The molecule has 0 bridgehead atoms. The quantitative estimate of drug-likeness (QED) is 0.742. The standard InChI is InChI=1S/C18H15BrFN3/c19-13-5-7-14(8-6-13)23-18-15(9-10-21-18)17(22-23)11-12-3-1-2-4-16(12)20/h1-8,21H,9-11H2. The third-order valence-electron chi connectivity index (χ3n) is 4.12. The number of hydrogen-bond acceptors (Lipinski definition) is 2. The Morgan fingerprint density at radius 1 is 1.13 bits per heavy atom. The lowest BCUT2D eigenvalue weighted by atomic mass is 10.1. The smallest absolute Gasteiger partial charge is 0.133 e. The first-order valence-corrected chi connectivity index (χ1v) is 8.35. The minimum absolute atomic E-state index is 0.176. The van der Waals surface area contributed by atoms with Gasteiger partial charge in [0.25, 0.3) is 0 Å². The zero-order valence-corrected chi connectivity index (χ0v) is 14.0. The lowest BCUT2D eigenvalue weighted by Gasteiger charge is -2.06. The number of halogens is 2. The van der Waals surface area contributed by atoms with Crippen LogP contribution in [0.25, 0.3) is 5.69 Å². The van der Waals surface area contributed by atoms with Crippen LogP contribution in [0.3, 0.4) is 0 Å². The van der Waals surface area contributed by atoms with E-state index in [1.165, 1.54) is 11.6 Å². The normalized spacial score (nSPS) is 13.0. The first-order chi connectivity index (χ1) is 11.2. The zero-order chi connectivity index (χ0) is 15.8. The van der Waals surface area contributed by atoms with Gasteiger partial charge in [-0.3, -0.25) is 0 Å². The highest BCUT2D eigenvalue weighted by atomic mass is 79.9. The molecule has 0 fully saturated rings. The molecule has 5 heteroatoms. The van der Waals surface area contributed by atoms with Crippen molar-refractivity contribution in [3.05, 3.63) is 75.6 Å². The predicted molar refractivity (Wildman–Crippen MR) is 92.7 cm³/mol. The molecule has 0 saturated carbocycles. The molecule has 3 aromatic rings. The molecular weight excluding hydrogens is 357 g/mol. The van der Waals surface area contributed by atoms with Gasteiger partial charge in [-0.2, -0.15) is 5.10 Å². The Morgan fingerprint density at radius 3 is 2.70 bits per heavy atom. The lowest BCUT2D eigenvalue weighted by molar-refractivity contribution is 0.612. The van der Waals surface area contributed by atoms with Gasteiger partial charge in [0.1, 0.15) is 11.6 Å². The summed E-state index contributed by atoms with van der Waals surface area (Å²) in [5.41, 5.74) is 3.82. The van der Waals surface area contributed by atoms with E-state index in [0.717, 1.165) is 34.6 Å². The van der Waals surface area contributed by atoms with Crippen LogP contribution in [0.15, 0.2) is 53.0 Å². The summed E-state index contributed by atoms with van der Waals surface area (Å²) in [4.78, 5) is 0. The second kappa shape index (κ2) is 5.81. The molecule has 1 aliphatic heterocycles. The Balaban J connectivity index is 1.76. The minimum Gasteiger partial charge on any atom is -0.369 e. The van der Waals surface area contributed by atoms with E-state index in [0.29, 0.717) is 12.0 Å². The highest BCUT2D eigenvalue weighted by molar-refractivity contribution is 9.10. The number of aromatic nitrogens is 2. The van der Waals surface area contributed by atoms with Crippen molar-refractivity contribution in [2.75, 3.05) is 11.9 Å². The molecule has 0 radical (unpaired) electrons. The highest BCUT2D eigenvalue weighted by Crippen LogP contribution is 2.30. The van der Waals surface area contributed by atoms with Crippen molar-refractivity contribution in [1.29, 1.82) is 0 Å². The van der Waals surface area contributed by atoms with Gasteiger partial charge in [0.2, 0.25) is 0 Å². The molecule has 23 heavy (non-hydrogen) atoms. The summed E-state index contributed by atoms with van der Waals surface area (Å²) in [6, 6.07) is 14.9. The van der Waals surface area contributed by atoms with E-state index in [9.17, 15) is 4.39 Å². The van der Waals surface area contributed by atoms with E-state index in [-0.39, 0.29) is 5.82 Å². The number of rotatable bonds is 3. The fourth-order valence-electron chi connectivity index (χ4n) is 2.98. The molecule has 0 spiro atoms. The summed E-state index contributed by atoms with van der Waals surface area (Å²) in [5.74, 6) is 0.851. The molecule has 3 nitrogen and oxygen atoms in total. The molecule has 0 amide bonds. The van der Waals surface area contributed by atoms with Gasteiger partial charge >= 0.3 is 0 Å². The maximum Gasteiger partial charge on any atom is 0.133 e. The molecule has 1 N–H and O–H groups in total. The summed E-state index contributed by atoms with van der Waals surface area (Å²) in [6.07, 6.45) is 1.44. The van der Waals surface area contributed by atoms with Crippen LogP contribution >= 0.6 is 15.9 Å². The Labute approximate surface area is 142 Å². The molecule has 0 unspecified atom stereocenters. The second-order valence-corrected chi connectivity index (χ2v) is 6.52. The van der Waals surface area contributed by atoms with Crippen LogP contribution in [-0.4, -0.2) is 16.3 Å². The third-order valence-corrected chi connectivity index (χ3v) is 4.65. The van der Waals surface area contributed by atoms with E-state index >= 15 is 0 Å². The SMILES string of the molecule is Fc1ccccc1Cc1nn(-c2ccc(Br)cc2)c2c1CCN2. The fraction of sp³-hybridized carbons (Fsp3) is 0.167. The van der Waals surface area contributed by atoms with Gasteiger partial charge in [-0.1, -0.05) is 34.1 Å². The largest absolute Gasteiger partial charge is 0.369 e. The molecular formula is C18H15BrFN3. The van der Waals surface area contributed by atoms with Gasteiger partial charge in [-0.05, 0) is 42.3 Å². The first-order valence-electron chi connectivity index (χ1n) is 7.56. The van der Waals surface area contributed by atoms with Crippen LogP contribution in [0.1, 0.15) is 16.8 Å². The number of benzene rings is 2. The van der Waals surface area contributed by atoms with Crippen LogP contribution < -0.4 is 5.32 Å². The molecule has 2 heterocycles. The maximum absolute atomic E-state index is 13.9. The van der Waals surface area contributed by atoms with E-state index in [1.807, 2.05) is 41.1 Å². The summed E-state index contributed by atoms with van der Waals surface area (Å²) >= 11 is 3.45. The minimum atomic E-state index is -0.176. The van der Waals surface area contributed by atoms with Gasteiger partial charge < -0.3 is 5.32 Å². The Morgan fingerprint density at radius 2 is 1.91 bits per heavy atom. The molecule has 0 atom stereocenters. The van der Waals surface area contributed by atoms with Gasteiger partial charge in [0, 0.05) is 23.0 Å². The summed E-state index contributed by atoms with van der Waals surface area (Å²) in [7, 11) is 0. The average molecular weight is 372 g/mol. The number of hydrogen-bond donors (Lipinski definition) is 1. The summed E-state index contributed by atoms with van der Waals surface area (Å²) < 4.78 is 16.9. The van der Waals surface area contributed by atoms with Crippen LogP contribution in [0.5, 0.6) is 0 Å². The number of fused-ring (bicyclic) bond motifs is 1. The molecule has 1 aliphatic rings. The van der Waals surface area contributed by atoms with Gasteiger partial charge in [-0.25, -0.2) is 9.07 Å².